The highest BCUT2D eigenvalue weighted by molar-refractivity contribution is 5.32. The molecule has 0 spiro atoms. The van der Waals surface area contributed by atoms with Crippen LogP contribution in [-0.2, 0) is 0 Å². The highest BCUT2D eigenvalue weighted by atomic mass is 16.5. The van der Waals surface area contributed by atoms with Gasteiger partial charge in [-0.1, -0.05) is 6.07 Å². The van der Waals surface area contributed by atoms with Crippen molar-refractivity contribution in [3.63, 3.8) is 0 Å². The molecule has 1 saturated carbocycles. The highest BCUT2D eigenvalue weighted by Crippen LogP contribution is 2.32. The van der Waals surface area contributed by atoms with Gasteiger partial charge in [-0.25, -0.2) is 0 Å². The summed E-state index contributed by atoms with van der Waals surface area (Å²) in [6.07, 6.45) is 2.65. The quantitative estimate of drug-likeness (QED) is 0.787. The maximum absolute atomic E-state index is 5.80. The van der Waals surface area contributed by atoms with Crippen molar-refractivity contribution < 1.29 is 9.47 Å². The van der Waals surface area contributed by atoms with Crippen LogP contribution >= 0.6 is 0 Å². The van der Waals surface area contributed by atoms with Crippen LogP contribution in [0.2, 0.25) is 0 Å². The van der Waals surface area contributed by atoms with E-state index in [0.29, 0.717) is 12.6 Å². The van der Waals surface area contributed by atoms with Gasteiger partial charge in [-0.2, -0.15) is 0 Å². The summed E-state index contributed by atoms with van der Waals surface area (Å²) in [6.45, 7) is 3.40. The third-order valence-electron chi connectivity index (χ3n) is 3.11. The molecular weight excluding hydrogens is 214 g/mol. The molecule has 1 atom stereocenters. The minimum Gasteiger partial charge on any atom is -0.494 e. The molecule has 1 aromatic carbocycles. The Kier molecular flexibility index (Phi) is 4.26. The predicted molar refractivity (Wildman–Crippen MR) is 68.7 cm³/mol. The molecule has 0 unspecified atom stereocenters. The smallest absolute Gasteiger partial charge is 0.123 e. The third kappa shape index (κ3) is 3.63. The summed E-state index contributed by atoms with van der Waals surface area (Å²) in [5.41, 5.74) is 0. The Morgan fingerprint density at radius 1 is 1.29 bits per heavy atom. The Morgan fingerprint density at radius 2 is 2.00 bits per heavy atom. The van der Waals surface area contributed by atoms with Crippen LogP contribution < -0.4 is 14.8 Å². The predicted octanol–water partition coefficient (Wildman–Crippen LogP) is 2.46. The summed E-state index contributed by atoms with van der Waals surface area (Å²) >= 11 is 0. The fourth-order valence-electron chi connectivity index (χ4n) is 1.96. The van der Waals surface area contributed by atoms with Crippen LogP contribution in [0.5, 0.6) is 11.5 Å². The van der Waals surface area contributed by atoms with Gasteiger partial charge in [0.25, 0.3) is 0 Å². The van der Waals surface area contributed by atoms with Crippen LogP contribution in [-0.4, -0.2) is 26.3 Å². The van der Waals surface area contributed by atoms with Crippen molar-refractivity contribution >= 4 is 0 Å². The monoisotopic (exact) mass is 235 g/mol. The molecule has 0 radical (unpaired) electrons. The summed E-state index contributed by atoms with van der Waals surface area (Å²) in [5, 5.41) is 3.32. The zero-order chi connectivity index (χ0) is 12.1. The lowest BCUT2D eigenvalue weighted by molar-refractivity contribution is 0.254. The van der Waals surface area contributed by atoms with Crippen LogP contribution in [0.3, 0.4) is 0 Å². The Labute approximate surface area is 103 Å². The molecule has 17 heavy (non-hydrogen) atoms. The van der Waals surface area contributed by atoms with Gasteiger partial charge in [0.05, 0.1) is 6.61 Å². The summed E-state index contributed by atoms with van der Waals surface area (Å²) < 4.78 is 11.2. The lowest BCUT2D eigenvalue weighted by Gasteiger charge is -2.16. The maximum atomic E-state index is 5.80. The largest absolute Gasteiger partial charge is 0.494 e. The van der Waals surface area contributed by atoms with Crippen LogP contribution in [0.25, 0.3) is 0 Å². The average molecular weight is 235 g/mol. The molecular formula is C14H21NO2. The minimum atomic E-state index is 0.478. The van der Waals surface area contributed by atoms with E-state index in [1.165, 1.54) is 12.8 Å². The standard InChI is InChI=1S/C14H21NO2/c1-3-16-12-5-4-6-13(9-12)17-10-14(15-2)11-7-8-11/h4-6,9,11,14-15H,3,7-8,10H2,1-2H3/t14-/m1/s1. The average Bonchev–Trinajstić information content (AvgIpc) is 3.15. The van der Waals surface area contributed by atoms with Gasteiger partial charge in [0.15, 0.2) is 0 Å². The summed E-state index contributed by atoms with van der Waals surface area (Å²) in [7, 11) is 2.00. The van der Waals surface area contributed by atoms with E-state index in [-0.39, 0.29) is 0 Å². The van der Waals surface area contributed by atoms with E-state index in [1.807, 2.05) is 38.2 Å². The van der Waals surface area contributed by atoms with Crippen molar-refractivity contribution in [1.82, 2.24) is 5.32 Å². The Balaban J connectivity index is 1.86. The molecule has 1 N–H and O–H groups in total. The van der Waals surface area contributed by atoms with E-state index in [2.05, 4.69) is 5.32 Å². The van der Waals surface area contributed by atoms with Crippen LogP contribution in [0.15, 0.2) is 24.3 Å². The van der Waals surface area contributed by atoms with Gasteiger partial charge in [0.1, 0.15) is 18.1 Å². The van der Waals surface area contributed by atoms with Gasteiger partial charge in [-0.05, 0) is 44.9 Å². The van der Waals surface area contributed by atoms with Gasteiger partial charge >= 0.3 is 0 Å². The van der Waals surface area contributed by atoms with E-state index in [4.69, 9.17) is 9.47 Å². The molecule has 3 nitrogen and oxygen atoms in total. The summed E-state index contributed by atoms with van der Waals surface area (Å²) in [4.78, 5) is 0. The number of ether oxygens (including phenoxy) is 2. The Bertz CT molecular complexity index is 350. The molecule has 0 aliphatic heterocycles. The van der Waals surface area contributed by atoms with E-state index in [0.717, 1.165) is 24.0 Å². The van der Waals surface area contributed by atoms with Crippen LogP contribution in [0.1, 0.15) is 19.8 Å². The molecule has 3 heteroatoms. The first-order valence-electron chi connectivity index (χ1n) is 6.36. The number of hydrogen-bond acceptors (Lipinski definition) is 3. The number of likely N-dealkylation sites (N-methyl/N-ethyl adjacent to an activating group) is 1. The van der Waals surface area contributed by atoms with Crippen molar-refractivity contribution in [2.45, 2.75) is 25.8 Å². The number of benzene rings is 1. The first-order chi connectivity index (χ1) is 8.33. The molecule has 0 saturated heterocycles. The van der Waals surface area contributed by atoms with E-state index >= 15 is 0 Å². The van der Waals surface area contributed by atoms with Gasteiger partial charge < -0.3 is 14.8 Å². The fourth-order valence-corrected chi connectivity index (χ4v) is 1.96. The highest BCUT2D eigenvalue weighted by Gasteiger charge is 2.30. The molecule has 1 fully saturated rings. The SMILES string of the molecule is CCOc1cccc(OC[C@@H](NC)C2CC2)c1. The second kappa shape index (κ2) is 5.92. The molecule has 1 aromatic rings. The van der Waals surface area contributed by atoms with Crippen LogP contribution in [0.4, 0.5) is 0 Å². The Hall–Kier alpha value is -1.22. The molecule has 0 amide bonds. The Morgan fingerprint density at radius 3 is 2.59 bits per heavy atom. The molecule has 1 aliphatic rings. The summed E-state index contributed by atoms with van der Waals surface area (Å²) in [5.74, 6) is 2.56. The minimum absolute atomic E-state index is 0.478. The zero-order valence-corrected chi connectivity index (χ0v) is 10.6. The number of rotatable bonds is 7. The number of hydrogen-bond donors (Lipinski definition) is 1. The van der Waals surface area contributed by atoms with Crippen molar-refractivity contribution in [2.24, 2.45) is 5.92 Å². The molecule has 1 aliphatic carbocycles. The maximum Gasteiger partial charge on any atom is 0.123 e. The first-order valence-corrected chi connectivity index (χ1v) is 6.36. The number of nitrogens with one attached hydrogen (secondary N) is 1. The molecule has 0 bridgehead atoms. The van der Waals surface area contributed by atoms with E-state index < -0.39 is 0 Å². The first kappa shape index (κ1) is 12.2. The molecule has 2 rings (SSSR count). The van der Waals surface area contributed by atoms with Crippen molar-refractivity contribution in [3.8, 4) is 11.5 Å². The van der Waals surface area contributed by atoms with Gasteiger partial charge in [0, 0.05) is 12.1 Å². The molecule has 0 heterocycles. The summed E-state index contributed by atoms with van der Waals surface area (Å²) in [6, 6.07) is 8.31. The topological polar surface area (TPSA) is 30.5 Å². The second-order valence-electron chi connectivity index (χ2n) is 4.45. The third-order valence-corrected chi connectivity index (χ3v) is 3.11. The van der Waals surface area contributed by atoms with Crippen LogP contribution in [0, 0.1) is 5.92 Å². The lowest BCUT2D eigenvalue weighted by Crippen LogP contribution is -2.33. The molecule has 0 aromatic heterocycles. The van der Waals surface area contributed by atoms with Gasteiger partial charge in [0.2, 0.25) is 0 Å². The second-order valence-corrected chi connectivity index (χ2v) is 4.45. The normalized spacial score (nSPS) is 16.6. The van der Waals surface area contributed by atoms with E-state index in [9.17, 15) is 0 Å². The van der Waals surface area contributed by atoms with Gasteiger partial charge in [-0.15, -0.1) is 0 Å². The lowest BCUT2D eigenvalue weighted by atomic mass is 10.2. The van der Waals surface area contributed by atoms with Gasteiger partial charge in [-0.3, -0.25) is 0 Å². The van der Waals surface area contributed by atoms with Crippen molar-refractivity contribution in [3.05, 3.63) is 24.3 Å². The zero-order valence-electron chi connectivity index (χ0n) is 10.6. The molecule has 94 valence electrons. The van der Waals surface area contributed by atoms with Crippen molar-refractivity contribution in [2.75, 3.05) is 20.3 Å². The van der Waals surface area contributed by atoms with E-state index in [1.54, 1.807) is 0 Å². The fraction of sp³-hybridized carbons (Fsp3) is 0.571. The van der Waals surface area contributed by atoms with Crippen molar-refractivity contribution in [1.29, 1.82) is 0 Å².